The fraction of sp³-hybridized carbons (Fsp3) is 0.500. The lowest BCUT2D eigenvalue weighted by atomic mass is 9.97. The van der Waals surface area contributed by atoms with Gasteiger partial charge >= 0.3 is 6.01 Å². The maximum absolute atomic E-state index is 5.54. The van der Waals surface area contributed by atoms with Crippen molar-refractivity contribution in [3.05, 3.63) is 29.9 Å². The van der Waals surface area contributed by atoms with Crippen LogP contribution >= 0.6 is 0 Å². The van der Waals surface area contributed by atoms with Gasteiger partial charge in [0.2, 0.25) is 5.89 Å². The van der Waals surface area contributed by atoms with Crippen molar-refractivity contribution >= 4 is 6.01 Å². The van der Waals surface area contributed by atoms with Crippen molar-refractivity contribution in [3.8, 4) is 0 Å². The summed E-state index contributed by atoms with van der Waals surface area (Å²) in [6, 6.07) is 2.52. The number of hydrogen-bond donors (Lipinski definition) is 1. The van der Waals surface area contributed by atoms with Crippen molar-refractivity contribution in [1.29, 1.82) is 0 Å². The summed E-state index contributed by atoms with van der Waals surface area (Å²) in [4.78, 5) is 0. The smallest absolute Gasteiger partial charge is 0.315 e. The van der Waals surface area contributed by atoms with Crippen molar-refractivity contribution in [2.24, 2.45) is 7.05 Å². The Labute approximate surface area is 101 Å². The van der Waals surface area contributed by atoms with E-state index in [1.807, 2.05) is 50.8 Å². The first kappa shape index (κ1) is 11.7. The molecule has 0 atom stereocenters. The monoisotopic (exact) mass is 234 g/mol. The van der Waals surface area contributed by atoms with E-state index in [0.717, 1.165) is 0 Å². The van der Waals surface area contributed by atoms with Crippen molar-refractivity contribution in [2.75, 3.05) is 5.32 Å². The van der Waals surface area contributed by atoms with E-state index in [1.165, 1.54) is 5.56 Å². The van der Waals surface area contributed by atoms with Gasteiger partial charge in [-0.2, -0.15) is 0 Å². The lowest BCUT2D eigenvalue weighted by Gasteiger charge is -2.10. The number of aryl methyl sites for hydroxylation is 1. The highest BCUT2D eigenvalue weighted by molar-refractivity contribution is 5.22. The summed E-state index contributed by atoms with van der Waals surface area (Å²) in [7, 11) is 1.99. The average Bonchev–Trinajstić information content (AvgIpc) is 2.82. The molecular weight excluding hydrogens is 216 g/mol. The third kappa shape index (κ3) is 2.87. The first-order valence-corrected chi connectivity index (χ1v) is 5.64. The Kier molecular flexibility index (Phi) is 2.92. The number of nitrogens with one attached hydrogen (secondary N) is 1. The van der Waals surface area contributed by atoms with E-state index in [4.69, 9.17) is 4.42 Å². The molecule has 0 aromatic carbocycles. The molecule has 0 aliphatic carbocycles. The Balaban J connectivity index is 1.98. The molecule has 92 valence electrons. The molecular formula is C12H18N4O. The number of nitrogens with zero attached hydrogens (tertiary/aromatic N) is 3. The van der Waals surface area contributed by atoms with E-state index in [0.29, 0.717) is 18.5 Å². The highest BCUT2D eigenvalue weighted by atomic mass is 16.4. The van der Waals surface area contributed by atoms with Gasteiger partial charge in [-0.15, -0.1) is 5.10 Å². The maximum Gasteiger partial charge on any atom is 0.315 e. The SMILES string of the molecule is Cn1ccc(CNc2nnc(C(C)(C)C)o2)c1. The molecule has 0 saturated carbocycles. The second-order valence-electron chi connectivity index (χ2n) is 5.20. The molecule has 0 aliphatic heterocycles. The molecule has 0 amide bonds. The van der Waals surface area contributed by atoms with Gasteiger partial charge in [-0.1, -0.05) is 25.9 Å². The van der Waals surface area contributed by atoms with E-state index in [9.17, 15) is 0 Å². The largest absolute Gasteiger partial charge is 0.408 e. The fourth-order valence-corrected chi connectivity index (χ4v) is 1.44. The van der Waals surface area contributed by atoms with E-state index in [-0.39, 0.29) is 5.41 Å². The van der Waals surface area contributed by atoms with Crippen molar-refractivity contribution in [1.82, 2.24) is 14.8 Å². The van der Waals surface area contributed by atoms with Gasteiger partial charge in [0.05, 0.1) is 0 Å². The van der Waals surface area contributed by atoms with E-state index in [2.05, 4.69) is 15.5 Å². The van der Waals surface area contributed by atoms with Crippen LogP contribution in [-0.2, 0) is 19.0 Å². The molecule has 17 heavy (non-hydrogen) atoms. The molecule has 0 unspecified atom stereocenters. The van der Waals surface area contributed by atoms with E-state index >= 15 is 0 Å². The molecule has 0 radical (unpaired) electrons. The fourth-order valence-electron chi connectivity index (χ4n) is 1.44. The third-order valence-corrected chi connectivity index (χ3v) is 2.40. The Bertz CT molecular complexity index is 493. The molecule has 0 bridgehead atoms. The molecule has 2 aromatic rings. The van der Waals surface area contributed by atoms with Crippen LogP contribution in [-0.4, -0.2) is 14.8 Å². The van der Waals surface area contributed by atoms with Crippen LogP contribution in [0.15, 0.2) is 22.9 Å². The van der Waals surface area contributed by atoms with Gasteiger partial charge in [-0.25, -0.2) is 0 Å². The highest BCUT2D eigenvalue weighted by Gasteiger charge is 2.21. The first-order chi connectivity index (χ1) is 7.95. The third-order valence-electron chi connectivity index (χ3n) is 2.40. The summed E-state index contributed by atoms with van der Waals surface area (Å²) >= 11 is 0. The molecule has 0 spiro atoms. The van der Waals surface area contributed by atoms with Crippen molar-refractivity contribution < 1.29 is 4.42 Å². The minimum Gasteiger partial charge on any atom is -0.408 e. The summed E-state index contributed by atoms with van der Waals surface area (Å²) in [6.45, 7) is 6.82. The Morgan fingerprint density at radius 3 is 2.65 bits per heavy atom. The molecule has 5 heteroatoms. The van der Waals surface area contributed by atoms with E-state index < -0.39 is 0 Å². The molecule has 0 saturated heterocycles. The van der Waals surface area contributed by atoms with E-state index in [1.54, 1.807) is 0 Å². The standard InChI is InChI=1S/C12H18N4O/c1-12(2,3)10-14-15-11(17-10)13-7-9-5-6-16(4)8-9/h5-6,8H,7H2,1-4H3,(H,13,15). The summed E-state index contributed by atoms with van der Waals surface area (Å²) in [6.07, 6.45) is 4.06. The zero-order chi connectivity index (χ0) is 12.5. The van der Waals surface area contributed by atoms with Crippen LogP contribution in [0.4, 0.5) is 6.01 Å². The number of aromatic nitrogens is 3. The minimum absolute atomic E-state index is 0.111. The van der Waals surface area contributed by atoms with Crippen LogP contribution in [0.25, 0.3) is 0 Å². The normalized spacial score (nSPS) is 11.8. The second kappa shape index (κ2) is 4.24. The maximum atomic E-state index is 5.54. The van der Waals surface area contributed by atoms with Crippen LogP contribution in [0.1, 0.15) is 32.2 Å². The minimum atomic E-state index is -0.111. The number of rotatable bonds is 3. The van der Waals surface area contributed by atoms with Gasteiger partial charge in [0, 0.05) is 31.4 Å². The molecule has 0 aliphatic rings. The number of anilines is 1. The van der Waals surface area contributed by atoms with Gasteiger partial charge in [0.15, 0.2) is 0 Å². The summed E-state index contributed by atoms with van der Waals surface area (Å²) in [5.41, 5.74) is 1.07. The lowest BCUT2D eigenvalue weighted by molar-refractivity contribution is 0.399. The van der Waals surface area contributed by atoms with Crippen LogP contribution in [0, 0.1) is 0 Å². The van der Waals surface area contributed by atoms with Gasteiger partial charge in [-0.05, 0) is 11.6 Å². The zero-order valence-electron chi connectivity index (χ0n) is 10.7. The van der Waals surface area contributed by atoms with Gasteiger partial charge < -0.3 is 14.3 Å². The molecule has 2 aromatic heterocycles. The van der Waals surface area contributed by atoms with Gasteiger partial charge in [0.1, 0.15) is 0 Å². The van der Waals surface area contributed by atoms with Crippen molar-refractivity contribution in [3.63, 3.8) is 0 Å². The average molecular weight is 234 g/mol. The second-order valence-corrected chi connectivity index (χ2v) is 5.20. The van der Waals surface area contributed by atoms with Crippen LogP contribution in [0.5, 0.6) is 0 Å². The van der Waals surface area contributed by atoms with Crippen LogP contribution < -0.4 is 5.32 Å². The van der Waals surface area contributed by atoms with Gasteiger partial charge in [-0.3, -0.25) is 0 Å². The number of hydrogen-bond acceptors (Lipinski definition) is 4. The Morgan fingerprint density at radius 2 is 2.12 bits per heavy atom. The summed E-state index contributed by atoms with van der Waals surface area (Å²) in [5, 5.41) is 11.1. The predicted molar refractivity (Wildman–Crippen MR) is 65.7 cm³/mol. The lowest BCUT2D eigenvalue weighted by Crippen LogP contribution is -2.11. The zero-order valence-corrected chi connectivity index (χ0v) is 10.7. The molecule has 5 nitrogen and oxygen atoms in total. The Morgan fingerprint density at radius 1 is 1.35 bits per heavy atom. The summed E-state index contributed by atoms with van der Waals surface area (Å²) < 4.78 is 7.54. The predicted octanol–water partition coefficient (Wildman–Crippen LogP) is 2.32. The van der Waals surface area contributed by atoms with Crippen molar-refractivity contribution in [2.45, 2.75) is 32.7 Å². The quantitative estimate of drug-likeness (QED) is 0.885. The molecule has 2 heterocycles. The van der Waals surface area contributed by atoms with Crippen LogP contribution in [0.2, 0.25) is 0 Å². The van der Waals surface area contributed by atoms with Gasteiger partial charge in [0.25, 0.3) is 0 Å². The molecule has 2 rings (SSSR count). The topological polar surface area (TPSA) is 55.9 Å². The molecule has 0 fully saturated rings. The van der Waals surface area contributed by atoms with Crippen LogP contribution in [0.3, 0.4) is 0 Å². The summed E-state index contributed by atoms with van der Waals surface area (Å²) in [5.74, 6) is 0.646. The molecule has 1 N–H and O–H groups in total. The first-order valence-electron chi connectivity index (χ1n) is 5.64. The highest BCUT2D eigenvalue weighted by Crippen LogP contribution is 2.22. The Hall–Kier alpha value is -1.78.